The van der Waals surface area contributed by atoms with Gasteiger partial charge in [0.25, 0.3) is 0 Å². The Morgan fingerprint density at radius 2 is 1.59 bits per heavy atom. The van der Waals surface area contributed by atoms with Crippen LogP contribution in [0.1, 0.15) is 5.56 Å². The number of nitrogens with one attached hydrogen (secondary N) is 2. The zero-order chi connectivity index (χ0) is 20.0. The van der Waals surface area contributed by atoms with Crippen molar-refractivity contribution >= 4 is 33.0 Å². The Labute approximate surface area is 163 Å². The van der Waals surface area contributed by atoms with Crippen molar-refractivity contribution in [2.45, 2.75) is 11.4 Å². The standard InChI is InChI=1S/C17H21N3O5S2/c1-23-14-8-12(9-15(24-2)16(14)25-3)20-17(26)19-10-11-4-6-13(7-5-11)27(18,21)22/h4-9H,10H2,1-3H3,(H2,18,21,22)(H2,19,20,26). The molecule has 0 radical (unpaired) electrons. The molecule has 0 unspecified atom stereocenters. The average Bonchev–Trinajstić information content (AvgIpc) is 2.65. The molecule has 2 aromatic carbocycles. The molecule has 4 N–H and O–H groups in total. The van der Waals surface area contributed by atoms with Gasteiger partial charge in [-0.05, 0) is 29.9 Å². The van der Waals surface area contributed by atoms with Gasteiger partial charge in [-0.15, -0.1) is 0 Å². The smallest absolute Gasteiger partial charge is 0.238 e. The van der Waals surface area contributed by atoms with Crippen LogP contribution in [0, 0.1) is 0 Å². The zero-order valence-electron chi connectivity index (χ0n) is 15.1. The van der Waals surface area contributed by atoms with E-state index in [9.17, 15) is 8.42 Å². The molecule has 0 heterocycles. The molecule has 0 spiro atoms. The predicted octanol–water partition coefficient (Wildman–Crippen LogP) is 1.85. The summed E-state index contributed by atoms with van der Waals surface area (Å²) >= 11 is 5.29. The van der Waals surface area contributed by atoms with Crippen LogP contribution in [0.15, 0.2) is 41.3 Å². The van der Waals surface area contributed by atoms with Crippen molar-refractivity contribution < 1.29 is 22.6 Å². The van der Waals surface area contributed by atoms with Gasteiger partial charge < -0.3 is 24.8 Å². The van der Waals surface area contributed by atoms with Crippen molar-refractivity contribution in [2.24, 2.45) is 5.14 Å². The Balaban J connectivity index is 2.03. The Kier molecular flexibility index (Phi) is 6.83. The summed E-state index contributed by atoms with van der Waals surface area (Å²) in [5, 5.41) is 11.5. The van der Waals surface area contributed by atoms with Crippen LogP contribution in [-0.2, 0) is 16.6 Å². The van der Waals surface area contributed by atoms with Crippen LogP contribution in [0.4, 0.5) is 5.69 Å². The van der Waals surface area contributed by atoms with Crippen molar-refractivity contribution in [2.75, 3.05) is 26.6 Å². The minimum Gasteiger partial charge on any atom is -0.493 e. The lowest BCUT2D eigenvalue weighted by Gasteiger charge is -2.16. The van der Waals surface area contributed by atoms with Gasteiger partial charge in [0.2, 0.25) is 15.8 Å². The summed E-state index contributed by atoms with van der Waals surface area (Å²) in [6.07, 6.45) is 0. The van der Waals surface area contributed by atoms with Crippen LogP contribution < -0.4 is 30.0 Å². The van der Waals surface area contributed by atoms with Crippen LogP contribution in [0.3, 0.4) is 0 Å². The SMILES string of the molecule is COc1cc(NC(=S)NCc2ccc(S(N)(=O)=O)cc2)cc(OC)c1OC. The molecular formula is C17H21N3O5S2. The third kappa shape index (κ3) is 5.46. The van der Waals surface area contributed by atoms with Crippen LogP contribution in [0.25, 0.3) is 0 Å². The fraction of sp³-hybridized carbons (Fsp3) is 0.235. The first-order valence-electron chi connectivity index (χ1n) is 7.75. The Morgan fingerprint density at radius 3 is 2.04 bits per heavy atom. The van der Waals surface area contributed by atoms with Crippen molar-refractivity contribution in [3.8, 4) is 17.2 Å². The topological polar surface area (TPSA) is 112 Å². The number of anilines is 1. The van der Waals surface area contributed by atoms with Gasteiger partial charge in [-0.3, -0.25) is 0 Å². The zero-order valence-corrected chi connectivity index (χ0v) is 16.7. The van der Waals surface area contributed by atoms with E-state index in [4.69, 9.17) is 31.6 Å². The molecule has 27 heavy (non-hydrogen) atoms. The van der Waals surface area contributed by atoms with E-state index >= 15 is 0 Å². The van der Waals surface area contributed by atoms with Crippen LogP contribution >= 0.6 is 12.2 Å². The van der Waals surface area contributed by atoms with Gasteiger partial charge in [-0.2, -0.15) is 0 Å². The highest BCUT2D eigenvalue weighted by Crippen LogP contribution is 2.39. The molecule has 0 bridgehead atoms. The number of methoxy groups -OCH3 is 3. The molecule has 0 fully saturated rings. The van der Waals surface area contributed by atoms with Crippen molar-refractivity contribution in [1.29, 1.82) is 0 Å². The minimum atomic E-state index is -3.70. The maximum Gasteiger partial charge on any atom is 0.238 e. The molecule has 0 atom stereocenters. The predicted molar refractivity (Wildman–Crippen MR) is 107 cm³/mol. The Bertz CT molecular complexity index is 890. The number of nitrogens with two attached hydrogens (primary N) is 1. The first-order valence-corrected chi connectivity index (χ1v) is 9.70. The van der Waals surface area contributed by atoms with Crippen molar-refractivity contribution in [3.63, 3.8) is 0 Å². The van der Waals surface area contributed by atoms with E-state index in [2.05, 4.69) is 10.6 Å². The lowest BCUT2D eigenvalue weighted by molar-refractivity contribution is 0.324. The van der Waals surface area contributed by atoms with E-state index in [0.29, 0.717) is 34.6 Å². The number of benzene rings is 2. The molecule has 0 aliphatic rings. The van der Waals surface area contributed by atoms with Gasteiger partial charge in [0.05, 0.1) is 26.2 Å². The molecule has 2 rings (SSSR count). The largest absolute Gasteiger partial charge is 0.493 e. The molecular weight excluding hydrogens is 390 g/mol. The molecule has 0 aliphatic carbocycles. The number of rotatable bonds is 7. The lowest BCUT2D eigenvalue weighted by Crippen LogP contribution is -2.28. The molecule has 10 heteroatoms. The highest BCUT2D eigenvalue weighted by atomic mass is 32.2. The van der Waals surface area contributed by atoms with Crippen molar-refractivity contribution in [1.82, 2.24) is 5.32 Å². The molecule has 8 nitrogen and oxygen atoms in total. The molecule has 0 amide bonds. The lowest BCUT2D eigenvalue weighted by atomic mass is 10.2. The quantitative estimate of drug-likeness (QED) is 0.592. The molecule has 0 aliphatic heterocycles. The molecule has 146 valence electrons. The fourth-order valence-electron chi connectivity index (χ4n) is 2.31. The van der Waals surface area contributed by atoms with E-state index in [0.717, 1.165) is 5.56 Å². The average molecular weight is 412 g/mol. The van der Waals surface area contributed by atoms with Gasteiger partial charge >= 0.3 is 0 Å². The van der Waals surface area contributed by atoms with Crippen LogP contribution in [0.5, 0.6) is 17.2 Å². The summed E-state index contributed by atoms with van der Waals surface area (Å²) in [5.41, 5.74) is 1.50. The number of primary sulfonamides is 1. The maximum absolute atomic E-state index is 11.3. The van der Waals surface area contributed by atoms with Crippen LogP contribution in [0.2, 0.25) is 0 Å². The second kappa shape index (κ2) is 8.89. The van der Waals surface area contributed by atoms with Gasteiger partial charge in [0.15, 0.2) is 16.6 Å². The monoisotopic (exact) mass is 411 g/mol. The maximum atomic E-state index is 11.3. The van der Waals surface area contributed by atoms with Crippen molar-refractivity contribution in [3.05, 3.63) is 42.0 Å². The third-order valence-electron chi connectivity index (χ3n) is 3.63. The van der Waals surface area contributed by atoms with E-state index in [1.165, 1.54) is 33.5 Å². The molecule has 0 saturated carbocycles. The van der Waals surface area contributed by atoms with Crippen LogP contribution in [-0.4, -0.2) is 34.9 Å². The summed E-state index contributed by atoms with van der Waals surface area (Å²) in [6.45, 7) is 0.404. The highest BCUT2D eigenvalue weighted by Gasteiger charge is 2.13. The normalized spacial score (nSPS) is 10.8. The second-order valence-electron chi connectivity index (χ2n) is 5.41. The number of hydrogen-bond acceptors (Lipinski definition) is 6. The molecule has 0 aromatic heterocycles. The first kappa shape index (κ1) is 20.7. The summed E-state index contributed by atoms with van der Waals surface area (Å²) in [7, 11) is 0.887. The highest BCUT2D eigenvalue weighted by molar-refractivity contribution is 7.89. The Morgan fingerprint density at radius 1 is 1.04 bits per heavy atom. The van der Waals surface area contributed by atoms with Gasteiger partial charge in [0, 0.05) is 24.4 Å². The number of thiocarbonyl (C=S) groups is 1. The first-order chi connectivity index (χ1) is 12.8. The van der Waals surface area contributed by atoms with E-state index in [1.54, 1.807) is 24.3 Å². The number of sulfonamides is 1. The van der Waals surface area contributed by atoms with Gasteiger partial charge in [-0.1, -0.05) is 12.1 Å². The molecule has 0 saturated heterocycles. The summed E-state index contributed by atoms with van der Waals surface area (Å²) in [4.78, 5) is 0.0596. The van der Waals surface area contributed by atoms with E-state index in [-0.39, 0.29) is 4.90 Å². The summed E-state index contributed by atoms with van der Waals surface area (Å²) in [6, 6.07) is 9.68. The third-order valence-corrected chi connectivity index (χ3v) is 4.80. The van der Waals surface area contributed by atoms with Gasteiger partial charge in [-0.25, -0.2) is 13.6 Å². The minimum absolute atomic E-state index is 0.0596. The number of ether oxygens (including phenoxy) is 3. The summed E-state index contributed by atoms with van der Waals surface area (Å²) < 4.78 is 38.4. The van der Waals surface area contributed by atoms with Gasteiger partial charge in [0.1, 0.15) is 0 Å². The van der Waals surface area contributed by atoms with E-state index < -0.39 is 10.0 Å². The second-order valence-corrected chi connectivity index (χ2v) is 7.38. The van der Waals surface area contributed by atoms with E-state index in [1.807, 2.05) is 0 Å². The summed E-state index contributed by atoms with van der Waals surface area (Å²) in [5.74, 6) is 1.49. The molecule has 2 aromatic rings. The Hall–Kier alpha value is -2.56. The number of hydrogen-bond donors (Lipinski definition) is 3. The fourth-order valence-corrected chi connectivity index (χ4v) is 3.01.